The smallest absolute Gasteiger partial charge is 0.194 e. The van der Waals surface area contributed by atoms with E-state index < -0.39 is 11.6 Å². The zero-order valence-corrected chi connectivity index (χ0v) is 8.67. The average Bonchev–Trinajstić information content (AvgIpc) is 2.11. The molecule has 0 aliphatic carbocycles. The van der Waals surface area contributed by atoms with Gasteiger partial charge in [0.2, 0.25) is 0 Å². The molecule has 1 rings (SSSR count). The molecule has 0 fully saturated rings. The number of phenols is 1. The van der Waals surface area contributed by atoms with Crippen LogP contribution in [0.25, 0.3) is 0 Å². The quantitative estimate of drug-likeness (QED) is 0.809. The lowest BCUT2D eigenvalue weighted by atomic mass is 10.2. The predicted molar refractivity (Wildman–Crippen MR) is 53.1 cm³/mol. The Morgan fingerprint density at radius 2 is 2.07 bits per heavy atom. The number of aryl methyl sites for hydroxylation is 1. The van der Waals surface area contributed by atoms with E-state index in [1.165, 1.54) is 6.07 Å². The Labute approximate surface area is 83.3 Å². The third-order valence-electron chi connectivity index (χ3n) is 1.84. The van der Waals surface area contributed by atoms with Gasteiger partial charge in [-0.1, -0.05) is 19.9 Å². The first-order valence-corrected chi connectivity index (χ1v) is 4.63. The van der Waals surface area contributed by atoms with E-state index in [-0.39, 0.29) is 5.75 Å². The second-order valence-corrected chi connectivity index (χ2v) is 3.75. The highest BCUT2D eigenvalue weighted by Crippen LogP contribution is 2.32. The van der Waals surface area contributed by atoms with Crippen molar-refractivity contribution in [3.8, 4) is 11.5 Å². The van der Waals surface area contributed by atoms with Crippen LogP contribution in [0.5, 0.6) is 11.5 Å². The summed E-state index contributed by atoms with van der Waals surface area (Å²) in [6.45, 7) is 6.23. The molecule has 0 bridgehead atoms. The number of benzene rings is 1. The largest absolute Gasteiger partial charge is 0.502 e. The van der Waals surface area contributed by atoms with Gasteiger partial charge in [0, 0.05) is 0 Å². The fourth-order valence-electron chi connectivity index (χ4n) is 1.08. The molecule has 0 saturated carbocycles. The summed E-state index contributed by atoms with van der Waals surface area (Å²) >= 11 is 0. The van der Waals surface area contributed by atoms with Crippen LogP contribution < -0.4 is 4.74 Å². The average molecular weight is 198 g/mol. The van der Waals surface area contributed by atoms with Gasteiger partial charge in [-0.2, -0.15) is 0 Å². The molecule has 0 aromatic heterocycles. The van der Waals surface area contributed by atoms with Gasteiger partial charge in [0.1, 0.15) is 0 Å². The van der Waals surface area contributed by atoms with Crippen molar-refractivity contribution in [1.29, 1.82) is 0 Å². The summed E-state index contributed by atoms with van der Waals surface area (Å²) in [5.41, 5.74) is 0.740. The molecule has 1 aromatic carbocycles. The van der Waals surface area contributed by atoms with E-state index in [1.54, 1.807) is 13.0 Å². The van der Waals surface area contributed by atoms with Crippen molar-refractivity contribution in [2.75, 3.05) is 6.61 Å². The molecule has 0 atom stereocenters. The molecule has 0 radical (unpaired) electrons. The van der Waals surface area contributed by atoms with E-state index in [0.717, 1.165) is 5.56 Å². The van der Waals surface area contributed by atoms with E-state index in [9.17, 15) is 9.50 Å². The van der Waals surface area contributed by atoms with Crippen LogP contribution in [-0.4, -0.2) is 11.7 Å². The van der Waals surface area contributed by atoms with Crippen molar-refractivity contribution < 1.29 is 14.2 Å². The van der Waals surface area contributed by atoms with Gasteiger partial charge < -0.3 is 9.84 Å². The molecule has 1 N–H and O–H groups in total. The molecule has 0 unspecified atom stereocenters. The summed E-state index contributed by atoms with van der Waals surface area (Å²) in [4.78, 5) is 0. The molecule has 3 heteroatoms. The Bertz CT molecular complexity index is 321. The van der Waals surface area contributed by atoms with Crippen LogP contribution >= 0.6 is 0 Å². The van der Waals surface area contributed by atoms with Crippen LogP contribution in [0.1, 0.15) is 19.4 Å². The van der Waals surface area contributed by atoms with Gasteiger partial charge in [-0.15, -0.1) is 0 Å². The zero-order valence-electron chi connectivity index (χ0n) is 8.67. The van der Waals surface area contributed by atoms with Gasteiger partial charge in [0.25, 0.3) is 0 Å². The highest BCUT2D eigenvalue weighted by atomic mass is 19.1. The second-order valence-electron chi connectivity index (χ2n) is 3.75. The van der Waals surface area contributed by atoms with E-state index in [1.807, 2.05) is 13.8 Å². The molecule has 1 aromatic rings. The number of ether oxygens (including phenoxy) is 1. The molecule has 0 aliphatic heterocycles. The Hall–Kier alpha value is -1.25. The first kappa shape index (κ1) is 10.8. The van der Waals surface area contributed by atoms with Crippen molar-refractivity contribution in [3.05, 3.63) is 23.5 Å². The van der Waals surface area contributed by atoms with Gasteiger partial charge in [-0.3, -0.25) is 0 Å². The number of hydrogen-bond acceptors (Lipinski definition) is 2. The van der Waals surface area contributed by atoms with Crippen molar-refractivity contribution in [2.24, 2.45) is 5.92 Å². The fraction of sp³-hybridized carbons (Fsp3) is 0.455. The minimum absolute atomic E-state index is 0.249. The van der Waals surface area contributed by atoms with Crippen molar-refractivity contribution >= 4 is 0 Å². The van der Waals surface area contributed by atoms with Crippen molar-refractivity contribution in [3.63, 3.8) is 0 Å². The number of aromatic hydroxyl groups is 1. The van der Waals surface area contributed by atoms with E-state index in [4.69, 9.17) is 4.74 Å². The van der Waals surface area contributed by atoms with Crippen LogP contribution in [0.3, 0.4) is 0 Å². The maximum Gasteiger partial charge on any atom is 0.194 e. The Morgan fingerprint density at radius 1 is 1.43 bits per heavy atom. The summed E-state index contributed by atoms with van der Waals surface area (Å²) in [7, 11) is 0. The summed E-state index contributed by atoms with van der Waals surface area (Å²) in [6, 6.07) is 2.82. The molecule has 0 spiro atoms. The van der Waals surface area contributed by atoms with Gasteiger partial charge in [-0.25, -0.2) is 4.39 Å². The third kappa shape index (κ3) is 2.37. The topological polar surface area (TPSA) is 29.5 Å². The zero-order chi connectivity index (χ0) is 10.7. The first-order chi connectivity index (χ1) is 6.52. The van der Waals surface area contributed by atoms with Crippen LogP contribution in [0.4, 0.5) is 4.39 Å². The minimum atomic E-state index is -0.644. The maximum absolute atomic E-state index is 13.0. The van der Waals surface area contributed by atoms with Crippen LogP contribution in [-0.2, 0) is 0 Å². The molecular formula is C11H15FO2. The van der Waals surface area contributed by atoms with Crippen molar-refractivity contribution in [1.82, 2.24) is 0 Å². The van der Waals surface area contributed by atoms with Gasteiger partial charge in [-0.05, 0) is 24.5 Å². The summed E-state index contributed by atoms with van der Waals surface area (Å²) < 4.78 is 18.3. The molecule has 2 nitrogen and oxygen atoms in total. The second kappa shape index (κ2) is 4.31. The molecule has 0 amide bonds. The Balaban J connectivity index is 2.89. The number of phenolic OH excluding ortho intramolecular Hbond substituents is 1. The molecule has 78 valence electrons. The lowest BCUT2D eigenvalue weighted by Gasteiger charge is -2.12. The van der Waals surface area contributed by atoms with E-state index >= 15 is 0 Å². The summed E-state index contributed by atoms with van der Waals surface area (Å²) in [6.07, 6.45) is 0. The molecule has 0 heterocycles. The molecule has 14 heavy (non-hydrogen) atoms. The van der Waals surface area contributed by atoms with E-state index in [0.29, 0.717) is 12.5 Å². The van der Waals surface area contributed by atoms with Gasteiger partial charge in [0.15, 0.2) is 17.3 Å². The number of rotatable bonds is 3. The standard InChI is InChI=1S/C11H15FO2/c1-7(2)6-14-11-8(3)4-5-9(12)10(11)13/h4-5,7,13H,6H2,1-3H3. The molecular weight excluding hydrogens is 183 g/mol. The number of halogens is 1. The molecule has 0 saturated heterocycles. The lowest BCUT2D eigenvalue weighted by Crippen LogP contribution is -2.06. The Kier molecular flexibility index (Phi) is 3.33. The van der Waals surface area contributed by atoms with Crippen LogP contribution in [0, 0.1) is 18.7 Å². The highest BCUT2D eigenvalue weighted by molar-refractivity contribution is 5.45. The van der Waals surface area contributed by atoms with Gasteiger partial charge >= 0.3 is 0 Å². The first-order valence-electron chi connectivity index (χ1n) is 4.63. The van der Waals surface area contributed by atoms with Crippen molar-refractivity contribution in [2.45, 2.75) is 20.8 Å². The van der Waals surface area contributed by atoms with Crippen LogP contribution in [0.2, 0.25) is 0 Å². The monoisotopic (exact) mass is 198 g/mol. The number of hydrogen-bond donors (Lipinski definition) is 1. The fourth-order valence-corrected chi connectivity index (χ4v) is 1.08. The summed E-state index contributed by atoms with van der Waals surface area (Å²) in [5.74, 6) is -0.448. The van der Waals surface area contributed by atoms with E-state index in [2.05, 4.69) is 0 Å². The third-order valence-corrected chi connectivity index (χ3v) is 1.84. The lowest BCUT2D eigenvalue weighted by molar-refractivity contribution is 0.254. The minimum Gasteiger partial charge on any atom is -0.502 e. The SMILES string of the molecule is Cc1ccc(F)c(O)c1OCC(C)C. The van der Waals surface area contributed by atoms with Crippen LogP contribution in [0.15, 0.2) is 12.1 Å². The summed E-state index contributed by atoms with van der Waals surface area (Å²) in [5, 5.41) is 9.39. The molecule has 0 aliphatic rings. The normalized spacial score (nSPS) is 10.6. The maximum atomic E-state index is 13.0. The highest BCUT2D eigenvalue weighted by Gasteiger charge is 2.11. The predicted octanol–water partition coefficient (Wildman–Crippen LogP) is 2.87. The van der Waals surface area contributed by atoms with Gasteiger partial charge in [0.05, 0.1) is 6.61 Å². The Morgan fingerprint density at radius 3 is 2.64 bits per heavy atom.